The van der Waals surface area contributed by atoms with E-state index in [4.69, 9.17) is 9.47 Å². The topological polar surface area (TPSA) is 55.8 Å². The molecule has 0 unspecified atom stereocenters. The Balaban J connectivity index is 2.60. The first kappa shape index (κ1) is 15.8. The Kier molecular flexibility index (Phi) is 4.83. The van der Waals surface area contributed by atoms with Crippen LogP contribution >= 0.6 is 0 Å². The molecule has 0 radical (unpaired) electrons. The van der Waals surface area contributed by atoms with Crippen LogP contribution in [0.2, 0.25) is 0 Å². The molecule has 1 aromatic rings. The molecule has 1 saturated carbocycles. The average molecular weight is 296 g/mol. The first-order valence-electron chi connectivity index (χ1n) is 7.15. The van der Waals surface area contributed by atoms with Crippen molar-refractivity contribution < 1.29 is 23.8 Å². The molecule has 0 heterocycles. The molecule has 1 aliphatic rings. The first-order valence-corrected chi connectivity index (χ1v) is 7.15. The summed E-state index contributed by atoms with van der Waals surface area (Å²) in [5, 5.41) is 9.77. The Labute approximate surface area is 123 Å². The molecule has 1 aliphatic carbocycles. The van der Waals surface area contributed by atoms with Gasteiger partial charge >= 0.3 is 5.97 Å². The van der Waals surface area contributed by atoms with Gasteiger partial charge in [-0.2, -0.15) is 0 Å². The van der Waals surface area contributed by atoms with Crippen LogP contribution in [0.25, 0.3) is 0 Å². The van der Waals surface area contributed by atoms with Crippen molar-refractivity contribution >= 4 is 5.97 Å². The number of benzene rings is 1. The maximum atomic E-state index is 14.0. The molecule has 2 rings (SSSR count). The van der Waals surface area contributed by atoms with E-state index in [-0.39, 0.29) is 12.2 Å². The highest BCUT2D eigenvalue weighted by atomic mass is 19.1. The molecule has 4 nitrogen and oxygen atoms in total. The summed E-state index contributed by atoms with van der Waals surface area (Å²) in [6.45, 7) is 0.0541. The second kappa shape index (κ2) is 6.43. The lowest BCUT2D eigenvalue weighted by Crippen LogP contribution is -2.38. The molecule has 0 aliphatic heterocycles. The van der Waals surface area contributed by atoms with Crippen LogP contribution in [0.3, 0.4) is 0 Å². The molecular formula is C16H21FO4. The summed E-state index contributed by atoms with van der Waals surface area (Å²) in [5.41, 5.74) is -0.144. The smallest absolute Gasteiger partial charge is 0.314 e. The maximum Gasteiger partial charge on any atom is 0.314 e. The standard InChI is InChI=1S/C16H21FO4/c1-20-10-11-13(17)7-6-12(14(11)21-2)16(15(18)19)8-4-3-5-9-16/h6-7H,3-5,8-10H2,1-2H3,(H,18,19). The molecule has 0 spiro atoms. The molecule has 1 N–H and O–H groups in total. The first-order chi connectivity index (χ1) is 10.1. The number of methoxy groups -OCH3 is 2. The Morgan fingerprint density at radius 1 is 1.29 bits per heavy atom. The van der Waals surface area contributed by atoms with Gasteiger partial charge in [0.15, 0.2) is 0 Å². The molecule has 1 aromatic carbocycles. The number of hydrogen-bond acceptors (Lipinski definition) is 3. The SMILES string of the molecule is COCc1c(F)ccc(C2(C(=O)O)CCCCC2)c1OC. The van der Waals surface area contributed by atoms with Crippen molar-refractivity contribution in [2.75, 3.05) is 14.2 Å². The summed E-state index contributed by atoms with van der Waals surface area (Å²) >= 11 is 0. The molecule has 0 aromatic heterocycles. The van der Waals surface area contributed by atoms with Crippen molar-refractivity contribution in [3.05, 3.63) is 29.1 Å². The van der Waals surface area contributed by atoms with Gasteiger partial charge in [-0.3, -0.25) is 4.79 Å². The van der Waals surface area contributed by atoms with Gasteiger partial charge in [-0.15, -0.1) is 0 Å². The van der Waals surface area contributed by atoms with Crippen LogP contribution in [0, 0.1) is 5.82 Å². The number of carboxylic acid groups (broad SMARTS) is 1. The third-order valence-electron chi connectivity index (χ3n) is 4.33. The normalized spacial score (nSPS) is 17.5. The monoisotopic (exact) mass is 296 g/mol. The molecule has 1 fully saturated rings. The zero-order chi connectivity index (χ0) is 15.5. The second-order valence-corrected chi connectivity index (χ2v) is 5.49. The largest absolute Gasteiger partial charge is 0.496 e. The van der Waals surface area contributed by atoms with Gasteiger partial charge in [0.25, 0.3) is 0 Å². The minimum atomic E-state index is -0.986. The van der Waals surface area contributed by atoms with Gasteiger partial charge in [0.1, 0.15) is 11.6 Å². The van der Waals surface area contributed by atoms with Crippen molar-refractivity contribution in [1.82, 2.24) is 0 Å². The fraction of sp³-hybridized carbons (Fsp3) is 0.562. The van der Waals surface area contributed by atoms with Gasteiger partial charge in [0.05, 0.1) is 24.7 Å². The van der Waals surface area contributed by atoms with E-state index in [1.54, 1.807) is 6.07 Å². The number of carbonyl (C=O) groups is 1. The molecule has 0 bridgehead atoms. The molecule has 0 amide bonds. The second-order valence-electron chi connectivity index (χ2n) is 5.49. The highest BCUT2D eigenvalue weighted by Gasteiger charge is 2.44. The number of carboxylic acids is 1. The van der Waals surface area contributed by atoms with Crippen LogP contribution in [0.15, 0.2) is 12.1 Å². The summed E-state index contributed by atoms with van der Waals surface area (Å²) in [6.07, 6.45) is 3.84. The number of aliphatic carboxylic acids is 1. The maximum absolute atomic E-state index is 14.0. The molecule has 0 saturated heterocycles. The van der Waals surface area contributed by atoms with E-state index in [1.165, 1.54) is 20.3 Å². The highest BCUT2D eigenvalue weighted by molar-refractivity contribution is 5.83. The number of ether oxygens (including phenoxy) is 2. The Hall–Kier alpha value is -1.62. The van der Waals surface area contributed by atoms with Crippen molar-refractivity contribution in [1.29, 1.82) is 0 Å². The van der Waals surface area contributed by atoms with Crippen LogP contribution in [-0.2, 0) is 21.6 Å². The van der Waals surface area contributed by atoms with E-state index in [0.717, 1.165) is 19.3 Å². The fourth-order valence-electron chi connectivity index (χ4n) is 3.25. The molecular weight excluding hydrogens is 275 g/mol. The van der Waals surface area contributed by atoms with Crippen LogP contribution < -0.4 is 4.74 Å². The van der Waals surface area contributed by atoms with Gasteiger partial charge in [-0.1, -0.05) is 25.3 Å². The lowest BCUT2D eigenvalue weighted by atomic mass is 9.69. The lowest BCUT2D eigenvalue weighted by Gasteiger charge is -2.35. The predicted molar refractivity (Wildman–Crippen MR) is 76.1 cm³/mol. The van der Waals surface area contributed by atoms with Crippen LogP contribution in [0.4, 0.5) is 4.39 Å². The number of halogens is 1. The van der Waals surface area contributed by atoms with E-state index in [2.05, 4.69) is 0 Å². The van der Waals surface area contributed by atoms with Crippen molar-refractivity contribution in [3.8, 4) is 5.75 Å². The van der Waals surface area contributed by atoms with Gasteiger partial charge < -0.3 is 14.6 Å². The van der Waals surface area contributed by atoms with E-state index in [1.807, 2.05) is 0 Å². The predicted octanol–water partition coefficient (Wildman–Crippen LogP) is 3.27. The van der Waals surface area contributed by atoms with E-state index in [0.29, 0.717) is 24.2 Å². The summed E-state index contributed by atoms with van der Waals surface area (Å²) < 4.78 is 24.4. The minimum Gasteiger partial charge on any atom is -0.496 e. The van der Waals surface area contributed by atoms with Crippen molar-refractivity contribution in [2.45, 2.75) is 44.1 Å². The molecule has 116 valence electrons. The quantitative estimate of drug-likeness (QED) is 0.906. The van der Waals surface area contributed by atoms with Crippen LogP contribution in [-0.4, -0.2) is 25.3 Å². The number of rotatable bonds is 5. The van der Waals surface area contributed by atoms with E-state index < -0.39 is 17.2 Å². The summed E-state index contributed by atoms with van der Waals surface area (Å²) in [7, 11) is 2.91. The van der Waals surface area contributed by atoms with E-state index in [9.17, 15) is 14.3 Å². The Morgan fingerprint density at radius 3 is 2.48 bits per heavy atom. The van der Waals surface area contributed by atoms with Gasteiger partial charge in [-0.25, -0.2) is 4.39 Å². The highest BCUT2D eigenvalue weighted by Crippen LogP contribution is 2.45. The zero-order valence-electron chi connectivity index (χ0n) is 12.4. The summed E-state index contributed by atoms with van der Waals surface area (Å²) in [4.78, 5) is 11.9. The number of hydrogen-bond donors (Lipinski definition) is 1. The lowest BCUT2D eigenvalue weighted by molar-refractivity contribution is -0.145. The van der Waals surface area contributed by atoms with Gasteiger partial charge in [-0.05, 0) is 18.9 Å². The van der Waals surface area contributed by atoms with Crippen molar-refractivity contribution in [3.63, 3.8) is 0 Å². The minimum absolute atomic E-state index is 0.0541. The van der Waals surface area contributed by atoms with Gasteiger partial charge in [0.2, 0.25) is 0 Å². The molecule has 0 atom stereocenters. The molecule has 5 heteroatoms. The summed E-state index contributed by atoms with van der Waals surface area (Å²) in [5.74, 6) is -0.995. The van der Waals surface area contributed by atoms with Crippen molar-refractivity contribution in [2.24, 2.45) is 0 Å². The average Bonchev–Trinajstić information content (AvgIpc) is 2.49. The van der Waals surface area contributed by atoms with Crippen LogP contribution in [0.5, 0.6) is 5.75 Å². The fourth-order valence-corrected chi connectivity index (χ4v) is 3.25. The van der Waals surface area contributed by atoms with Gasteiger partial charge in [0, 0.05) is 12.7 Å². The van der Waals surface area contributed by atoms with E-state index >= 15 is 0 Å². The third-order valence-corrected chi connectivity index (χ3v) is 4.33. The Morgan fingerprint density at radius 2 is 1.95 bits per heavy atom. The summed E-state index contributed by atoms with van der Waals surface area (Å²) in [6, 6.07) is 2.86. The zero-order valence-corrected chi connectivity index (χ0v) is 12.4. The third kappa shape index (κ3) is 2.75. The van der Waals surface area contributed by atoms with Crippen LogP contribution in [0.1, 0.15) is 43.2 Å². The Bertz CT molecular complexity index is 521. The molecule has 21 heavy (non-hydrogen) atoms.